The van der Waals surface area contributed by atoms with Crippen molar-refractivity contribution in [2.75, 3.05) is 0 Å². The normalized spacial score (nSPS) is 11.6. The molecule has 0 fully saturated rings. The standard InChI is InChI=1S/C32H46O4/c1-8-23-15-18-32(36-28(13-6)14-7)24(19-23)16-17-31(33)25-20-29(34-26(9-2)10-3)22-30(21-25)35-27(11-4)12-5/h15-22,26-28H,8-14H2,1-7H3. The molecule has 0 saturated carbocycles. The fraction of sp³-hybridized carbons (Fsp3) is 0.531. The minimum Gasteiger partial charge on any atom is -0.490 e. The Hall–Kier alpha value is -2.75. The van der Waals surface area contributed by atoms with E-state index in [1.54, 1.807) is 6.08 Å². The molecule has 0 aliphatic carbocycles. The molecule has 36 heavy (non-hydrogen) atoms. The highest BCUT2D eigenvalue weighted by molar-refractivity contribution is 6.07. The second-order valence-electron chi connectivity index (χ2n) is 9.29. The van der Waals surface area contributed by atoms with Crippen molar-refractivity contribution in [2.45, 2.75) is 112 Å². The van der Waals surface area contributed by atoms with E-state index in [9.17, 15) is 4.79 Å². The van der Waals surface area contributed by atoms with Crippen LogP contribution in [0.25, 0.3) is 6.08 Å². The van der Waals surface area contributed by atoms with E-state index in [4.69, 9.17) is 14.2 Å². The number of ether oxygens (including phenoxy) is 3. The highest BCUT2D eigenvalue weighted by Gasteiger charge is 2.15. The van der Waals surface area contributed by atoms with Gasteiger partial charge in [0.15, 0.2) is 5.78 Å². The summed E-state index contributed by atoms with van der Waals surface area (Å²) in [6.07, 6.45) is 10.3. The van der Waals surface area contributed by atoms with Crippen LogP contribution in [-0.2, 0) is 6.42 Å². The predicted molar refractivity (Wildman–Crippen MR) is 151 cm³/mol. The van der Waals surface area contributed by atoms with Crippen LogP contribution in [0.1, 0.15) is 108 Å². The Morgan fingerprint density at radius 3 is 1.67 bits per heavy atom. The molecular weight excluding hydrogens is 448 g/mol. The first-order valence-corrected chi connectivity index (χ1v) is 13.9. The maximum atomic E-state index is 13.3. The first-order chi connectivity index (χ1) is 17.4. The van der Waals surface area contributed by atoms with Gasteiger partial charge in [0, 0.05) is 17.2 Å². The number of hydrogen-bond donors (Lipinski definition) is 0. The smallest absolute Gasteiger partial charge is 0.186 e. The van der Waals surface area contributed by atoms with Crippen LogP contribution in [0.5, 0.6) is 17.2 Å². The summed E-state index contributed by atoms with van der Waals surface area (Å²) in [5.74, 6) is 2.08. The van der Waals surface area contributed by atoms with Gasteiger partial charge in [-0.1, -0.05) is 54.5 Å². The van der Waals surface area contributed by atoms with E-state index in [0.29, 0.717) is 17.1 Å². The summed E-state index contributed by atoms with van der Waals surface area (Å²) in [6.45, 7) is 14.8. The third-order valence-electron chi connectivity index (χ3n) is 6.69. The van der Waals surface area contributed by atoms with E-state index < -0.39 is 0 Å². The number of carbonyl (C=O) groups excluding carboxylic acids is 1. The molecule has 0 heterocycles. The van der Waals surface area contributed by atoms with Gasteiger partial charge in [-0.15, -0.1) is 0 Å². The quantitative estimate of drug-likeness (QED) is 0.173. The molecule has 2 aromatic carbocycles. The molecule has 0 bridgehead atoms. The minimum absolute atomic E-state index is 0.0882. The Labute approximate surface area is 219 Å². The maximum absolute atomic E-state index is 13.3. The molecule has 4 nitrogen and oxygen atoms in total. The first-order valence-electron chi connectivity index (χ1n) is 13.9. The average Bonchev–Trinajstić information content (AvgIpc) is 2.91. The van der Waals surface area contributed by atoms with Crippen molar-refractivity contribution >= 4 is 11.9 Å². The van der Waals surface area contributed by atoms with E-state index in [1.807, 2.05) is 30.3 Å². The molecule has 0 saturated heterocycles. The number of allylic oxidation sites excluding steroid dienone is 1. The Bertz CT molecular complexity index is 934. The van der Waals surface area contributed by atoms with E-state index >= 15 is 0 Å². The zero-order chi connectivity index (χ0) is 26.5. The van der Waals surface area contributed by atoms with Crippen molar-refractivity contribution in [1.82, 2.24) is 0 Å². The van der Waals surface area contributed by atoms with Crippen LogP contribution in [0, 0.1) is 0 Å². The highest BCUT2D eigenvalue weighted by atomic mass is 16.5. The lowest BCUT2D eigenvalue weighted by molar-refractivity contribution is 0.104. The molecule has 2 rings (SSSR count). The number of ketones is 1. The lowest BCUT2D eigenvalue weighted by Crippen LogP contribution is -2.16. The summed E-state index contributed by atoms with van der Waals surface area (Å²) in [5.41, 5.74) is 2.69. The van der Waals surface area contributed by atoms with Gasteiger partial charge in [-0.3, -0.25) is 4.79 Å². The van der Waals surface area contributed by atoms with Gasteiger partial charge in [-0.25, -0.2) is 0 Å². The molecule has 0 amide bonds. The van der Waals surface area contributed by atoms with Crippen molar-refractivity contribution in [1.29, 1.82) is 0 Å². The molecule has 0 aromatic heterocycles. The van der Waals surface area contributed by atoms with Gasteiger partial charge < -0.3 is 14.2 Å². The van der Waals surface area contributed by atoms with Crippen molar-refractivity contribution < 1.29 is 19.0 Å². The second kappa shape index (κ2) is 15.4. The van der Waals surface area contributed by atoms with Crippen LogP contribution in [0.4, 0.5) is 0 Å². The molecule has 0 aliphatic rings. The molecule has 0 atom stereocenters. The molecule has 0 spiro atoms. The number of hydrogen-bond acceptors (Lipinski definition) is 4. The van der Waals surface area contributed by atoms with E-state index in [0.717, 1.165) is 56.3 Å². The number of rotatable bonds is 16. The molecule has 0 radical (unpaired) electrons. The summed E-state index contributed by atoms with van der Waals surface area (Å²) in [7, 11) is 0. The zero-order valence-corrected chi connectivity index (χ0v) is 23.4. The first kappa shape index (κ1) is 29.5. The maximum Gasteiger partial charge on any atom is 0.186 e. The average molecular weight is 495 g/mol. The Kier molecular flexibility index (Phi) is 12.6. The lowest BCUT2D eigenvalue weighted by Gasteiger charge is -2.20. The third kappa shape index (κ3) is 8.72. The molecule has 0 aliphatic heterocycles. The lowest BCUT2D eigenvalue weighted by atomic mass is 10.0. The van der Waals surface area contributed by atoms with Gasteiger partial charge in [-0.2, -0.15) is 0 Å². The van der Waals surface area contributed by atoms with E-state index in [1.165, 1.54) is 5.56 Å². The fourth-order valence-corrected chi connectivity index (χ4v) is 4.10. The fourth-order valence-electron chi connectivity index (χ4n) is 4.10. The van der Waals surface area contributed by atoms with Crippen LogP contribution < -0.4 is 14.2 Å². The van der Waals surface area contributed by atoms with Gasteiger partial charge in [0.2, 0.25) is 0 Å². The van der Waals surface area contributed by atoms with Crippen LogP contribution in [0.15, 0.2) is 42.5 Å². The third-order valence-corrected chi connectivity index (χ3v) is 6.69. The van der Waals surface area contributed by atoms with Gasteiger partial charge in [0.25, 0.3) is 0 Å². The van der Waals surface area contributed by atoms with Gasteiger partial charge in [-0.05, 0) is 86.9 Å². The van der Waals surface area contributed by atoms with E-state index in [2.05, 4.69) is 60.6 Å². The summed E-state index contributed by atoms with van der Waals surface area (Å²) >= 11 is 0. The molecule has 4 heteroatoms. The number of aryl methyl sites for hydroxylation is 1. The monoisotopic (exact) mass is 494 g/mol. The zero-order valence-electron chi connectivity index (χ0n) is 23.4. The Morgan fingerprint density at radius 2 is 1.19 bits per heavy atom. The second-order valence-corrected chi connectivity index (χ2v) is 9.29. The SMILES string of the molecule is CCc1ccc(OC(CC)CC)c(C=CC(=O)c2cc(OC(CC)CC)cc(OC(CC)CC)c2)c1. The van der Waals surface area contributed by atoms with Crippen LogP contribution in [0.3, 0.4) is 0 Å². The van der Waals surface area contributed by atoms with Gasteiger partial charge in [0.05, 0.1) is 18.3 Å². The predicted octanol–water partition coefficient (Wildman–Crippen LogP) is 8.85. The highest BCUT2D eigenvalue weighted by Crippen LogP contribution is 2.28. The van der Waals surface area contributed by atoms with Crippen LogP contribution in [-0.4, -0.2) is 24.1 Å². The summed E-state index contributed by atoms with van der Waals surface area (Å²) in [5, 5.41) is 0. The number of benzene rings is 2. The molecular formula is C32H46O4. The Morgan fingerprint density at radius 1 is 0.694 bits per heavy atom. The molecule has 0 unspecified atom stereocenters. The Balaban J connectivity index is 2.39. The summed E-state index contributed by atoms with van der Waals surface area (Å²) in [6, 6.07) is 11.8. The van der Waals surface area contributed by atoms with Crippen molar-refractivity contribution in [3.05, 3.63) is 59.2 Å². The summed E-state index contributed by atoms with van der Waals surface area (Å²) < 4.78 is 18.6. The van der Waals surface area contributed by atoms with Crippen LogP contribution >= 0.6 is 0 Å². The van der Waals surface area contributed by atoms with Gasteiger partial charge >= 0.3 is 0 Å². The van der Waals surface area contributed by atoms with E-state index in [-0.39, 0.29) is 24.1 Å². The van der Waals surface area contributed by atoms with Crippen molar-refractivity contribution in [3.8, 4) is 17.2 Å². The van der Waals surface area contributed by atoms with Crippen LogP contribution in [0.2, 0.25) is 0 Å². The van der Waals surface area contributed by atoms with Crippen molar-refractivity contribution in [2.24, 2.45) is 0 Å². The number of carbonyl (C=O) groups is 1. The summed E-state index contributed by atoms with van der Waals surface area (Å²) in [4.78, 5) is 13.3. The van der Waals surface area contributed by atoms with Crippen molar-refractivity contribution in [3.63, 3.8) is 0 Å². The minimum atomic E-state index is -0.0882. The topological polar surface area (TPSA) is 44.8 Å². The molecule has 0 N–H and O–H groups in total. The molecule has 198 valence electrons. The van der Waals surface area contributed by atoms with Gasteiger partial charge in [0.1, 0.15) is 17.2 Å². The molecule has 2 aromatic rings. The largest absolute Gasteiger partial charge is 0.490 e.